The number of alkyl halides is 6. The van der Waals surface area contributed by atoms with Crippen LogP contribution in [0.15, 0.2) is 114 Å². The first kappa shape index (κ1) is 39.6. The summed E-state index contributed by atoms with van der Waals surface area (Å²) in [6, 6.07) is 35.1. The third-order valence-corrected chi connectivity index (χ3v) is 10.7. The molecule has 0 fully saturated rings. The maximum atomic E-state index is 10.7. The number of aryl methyl sites for hydroxylation is 4. The SMILES string of the molecule is C(=C\c1cccc2c1oc1ccccc12)/c1cc[n+]2c(c1)-c1c(ccc3c1-c1c4ccccc4cc[n+]1CC3)CC2.O=S(=O)([O-])C(F)(F)F.O=S(=O)([O-])C(F)(F)F. The van der Waals surface area contributed by atoms with E-state index in [4.69, 9.17) is 30.4 Å². The van der Waals surface area contributed by atoms with E-state index < -0.39 is 31.3 Å². The molecule has 5 heterocycles. The zero-order valence-electron chi connectivity index (χ0n) is 29.2. The minimum Gasteiger partial charge on any atom is -0.741 e. The lowest BCUT2D eigenvalue weighted by molar-refractivity contribution is -0.689. The van der Waals surface area contributed by atoms with Gasteiger partial charge in [0.2, 0.25) is 11.4 Å². The number of para-hydroxylation sites is 2. The highest BCUT2D eigenvalue weighted by Crippen LogP contribution is 2.42. The van der Waals surface area contributed by atoms with Gasteiger partial charge in [0.05, 0.1) is 16.5 Å². The Hall–Kier alpha value is -5.62. The Labute approximate surface area is 321 Å². The van der Waals surface area contributed by atoms with Crippen LogP contribution >= 0.6 is 0 Å². The topological polar surface area (TPSA) is 135 Å². The van der Waals surface area contributed by atoms with E-state index >= 15 is 0 Å². The van der Waals surface area contributed by atoms with E-state index in [-0.39, 0.29) is 0 Å². The van der Waals surface area contributed by atoms with Crippen molar-refractivity contribution in [3.63, 3.8) is 0 Å². The van der Waals surface area contributed by atoms with Gasteiger partial charge in [-0.3, -0.25) is 0 Å². The normalized spacial score (nSPS) is 13.9. The molecule has 9 rings (SSSR count). The van der Waals surface area contributed by atoms with Gasteiger partial charge in [0.15, 0.2) is 45.7 Å². The van der Waals surface area contributed by atoms with E-state index in [0.29, 0.717) is 0 Å². The van der Waals surface area contributed by atoms with Gasteiger partial charge in [-0.1, -0.05) is 78.9 Å². The van der Waals surface area contributed by atoms with E-state index in [1.807, 2.05) is 12.1 Å². The molecule has 2 aliphatic rings. The van der Waals surface area contributed by atoms with Crippen molar-refractivity contribution < 1.29 is 65.8 Å². The Morgan fingerprint density at radius 3 is 1.84 bits per heavy atom. The van der Waals surface area contributed by atoms with Crippen LogP contribution in [0.1, 0.15) is 22.3 Å². The molecule has 57 heavy (non-hydrogen) atoms. The second-order valence-electron chi connectivity index (χ2n) is 13.1. The van der Waals surface area contributed by atoms with Crippen LogP contribution in [0.25, 0.3) is 67.4 Å². The second-order valence-corrected chi connectivity index (χ2v) is 15.8. The van der Waals surface area contributed by atoms with Gasteiger partial charge in [-0.15, -0.1) is 0 Å². The van der Waals surface area contributed by atoms with Crippen LogP contribution in [0.4, 0.5) is 26.3 Å². The van der Waals surface area contributed by atoms with E-state index in [2.05, 4.69) is 119 Å². The Bertz CT molecular complexity index is 2920. The quantitative estimate of drug-likeness (QED) is 0.0746. The number of pyridine rings is 2. The average molecular weight is 827 g/mol. The molecule has 0 N–H and O–H groups in total. The number of rotatable bonds is 2. The third kappa shape index (κ3) is 7.87. The largest absolute Gasteiger partial charge is 0.741 e. The van der Waals surface area contributed by atoms with Gasteiger partial charge >= 0.3 is 11.0 Å². The Kier molecular flexibility index (Phi) is 10.2. The van der Waals surface area contributed by atoms with Crippen LogP contribution in [0.5, 0.6) is 0 Å². The summed E-state index contributed by atoms with van der Waals surface area (Å²) in [6.45, 7) is 2.01. The molecule has 294 valence electrons. The molecule has 4 aromatic carbocycles. The van der Waals surface area contributed by atoms with Crippen molar-refractivity contribution in [2.45, 2.75) is 36.9 Å². The highest BCUT2D eigenvalue weighted by molar-refractivity contribution is 7.86. The number of halogens is 6. The number of hydrogen-bond donors (Lipinski definition) is 0. The van der Waals surface area contributed by atoms with Gasteiger partial charge in [-0.2, -0.15) is 35.5 Å². The van der Waals surface area contributed by atoms with Crippen LogP contribution in [0, 0.1) is 0 Å². The molecule has 0 bridgehead atoms. The number of hydrogen-bond acceptors (Lipinski definition) is 7. The Morgan fingerprint density at radius 2 is 1.18 bits per heavy atom. The predicted octanol–water partition coefficient (Wildman–Crippen LogP) is 8.03. The maximum absolute atomic E-state index is 10.7. The lowest BCUT2D eigenvalue weighted by Crippen LogP contribution is -2.43. The van der Waals surface area contributed by atoms with Crippen molar-refractivity contribution in [3.8, 4) is 22.5 Å². The van der Waals surface area contributed by atoms with Crippen molar-refractivity contribution in [2.24, 2.45) is 0 Å². The maximum Gasteiger partial charge on any atom is 0.485 e. The van der Waals surface area contributed by atoms with E-state index in [9.17, 15) is 26.3 Å². The molecular formula is C40H28F6N2O7S2. The smallest absolute Gasteiger partial charge is 0.485 e. The number of furan rings is 1. The molecule has 2 aliphatic heterocycles. The minimum absolute atomic E-state index is 0.931. The fourth-order valence-corrected chi connectivity index (χ4v) is 7.02. The van der Waals surface area contributed by atoms with Crippen LogP contribution < -0.4 is 9.13 Å². The number of aromatic nitrogens is 2. The minimum atomic E-state index is -6.09. The molecule has 3 aromatic heterocycles. The van der Waals surface area contributed by atoms with Gasteiger partial charge in [0.25, 0.3) is 0 Å². The molecule has 0 radical (unpaired) electrons. The standard InChI is InChI=1S/C38H28N2O.2CHF3O3S/c1-2-8-30-26(6-1)17-22-40-23-19-28-15-14-27-18-21-39-20-16-25(24-33(39)35(27)36(28)37(30)40)12-13-29-7-5-10-32-31-9-3-4-11-34(31)41-38(29)32;2*2-1(3,4)8(5,6)7/h1-17,20,22,24H,18-19,21,23H2;2*(H,5,6,7)/q+2;;/p-2/b13-12+;;. The number of benzene rings is 4. The number of fused-ring (bicyclic) bond motifs is 12. The summed E-state index contributed by atoms with van der Waals surface area (Å²) >= 11 is 0. The summed E-state index contributed by atoms with van der Waals surface area (Å²) in [5.74, 6) is 0. The van der Waals surface area contributed by atoms with E-state index in [1.165, 1.54) is 50.0 Å². The van der Waals surface area contributed by atoms with Gasteiger partial charge in [-0.05, 0) is 34.2 Å². The van der Waals surface area contributed by atoms with Gasteiger partial charge in [0.1, 0.15) is 11.2 Å². The molecule has 0 spiro atoms. The summed E-state index contributed by atoms with van der Waals surface area (Å²) in [5, 5.41) is 4.95. The Balaban J connectivity index is 0.000000264. The molecule has 0 atom stereocenters. The van der Waals surface area contributed by atoms with Crippen LogP contribution in [-0.2, 0) is 46.2 Å². The molecule has 0 saturated carbocycles. The van der Waals surface area contributed by atoms with Crippen LogP contribution in [0.2, 0.25) is 0 Å². The van der Waals surface area contributed by atoms with Crippen molar-refractivity contribution in [3.05, 3.63) is 132 Å². The average Bonchev–Trinajstić information content (AvgIpc) is 3.55. The predicted molar refractivity (Wildman–Crippen MR) is 197 cm³/mol. The molecule has 0 saturated heterocycles. The third-order valence-electron chi connectivity index (χ3n) is 9.57. The zero-order chi connectivity index (χ0) is 40.9. The van der Waals surface area contributed by atoms with Crippen molar-refractivity contribution >= 4 is 65.1 Å². The first-order valence-corrected chi connectivity index (χ1v) is 19.9. The summed E-state index contributed by atoms with van der Waals surface area (Å²) in [4.78, 5) is 0. The second kappa shape index (κ2) is 14.7. The van der Waals surface area contributed by atoms with E-state index in [0.717, 1.165) is 53.4 Å². The molecule has 0 amide bonds. The lowest BCUT2D eigenvalue weighted by Gasteiger charge is -2.23. The fraction of sp³-hybridized carbons (Fsp3) is 0.150. The Morgan fingerprint density at radius 1 is 0.614 bits per heavy atom. The first-order chi connectivity index (χ1) is 26.8. The molecule has 0 unspecified atom stereocenters. The fourth-order valence-electron chi connectivity index (χ4n) is 7.02. The monoisotopic (exact) mass is 826 g/mol. The summed E-state index contributed by atoms with van der Waals surface area (Å²) in [6.07, 6.45) is 11.1. The van der Waals surface area contributed by atoms with Crippen molar-refractivity contribution in [1.82, 2.24) is 0 Å². The number of nitrogens with zero attached hydrogens (tertiary/aromatic N) is 2. The van der Waals surface area contributed by atoms with Gasteiger partial charge < -0.3 is 13.5 Å². The molecule has 0 aliphatic carbocycles. The molecular weight excluding hydrogens is 799 g/mol. The zero-order valence-corrected chi connectivity index (χ0v) is 30.8. The van der Waals surface area contributed by atoms with Gasteiger partial charge in [0, 0.05) is 47.4 Å². The summed E-state index contributed by atoms with van der Waals surface area (Å²) in [7, 11) is -12.2. The summed E-state index contributed by atoms with van der Waals surface area (Å²) < 4.78 is 129. The van der Waals surface area contributed by atoms with Crippen LogP contribution in [0.3, 0.4) is 0 Å². The highest BCUT2D eigenvalue weighted by atomic mass is 32.2. The first-order valence-electron chi connectivity index (χ1n) is 17.0. The summed E-state index contributed by atoms with van der Waals surface area (Å²) in [5.41, 5.74) is 1.22. The van der Waals surface area contributed by atoms with E-state index in [1.54, 1.807) is 0 Å². The molecule has 17 heteroatoms. The molecule has 7 aromatic rings. The molecule has 9 nitrogen and oxygen atoms in total. The van der Waals surface area contributed by atoms with Gasteiger partial charge in [-0.25, -0.2) is 16.8 Å². The van der Waals surface area contributed by atoms with Crippen LogP contribution in [-0.4, -0.2) is 37.0 Å². The van der Waals surface area contributed by atoms with Crippen molar-refractivity contribution in [1.29, 1.82) is 0 Å². The van der Waals surface area contributed by atoms with Crippen molar-refractivity contribution in [2.75, 3.05) is 0 Å². The lowest BCUT2D eigenvalue weighted by atomic mass is 9.83. The highest BCUT2D eigenvalue weighted by Gasteiger charge is 2.38.